The molecule has 1 heterocycles. The molecular weight excluding hydrogens is 262 g/mol. The van der Waals surface area contributed by atoms with E-state index in [1.54, 1.807) is 17.5 Å². The van der Waals surface area contributed by atoms with Gasteiger partial charge in [0.15, 0.2) is 0 Å². The van der Waals surface area contributed by atoms with Crippen molar-refractivity contribution in [3.05, 3.63) is 58.3 Å². The molecule has 1 amide bonds. The number of thiophene rings is 1. The van der Waals surface area contributed by atoms with Gasteiger partial charge in [-0.2, -0.15) is 0 Å². The molecule has 4 nitrogen and oxygen atoms in total. The fourth-order valence-electron chi connectivity index (χ4n) is 1.48. The molecule has 0 aliphatic heterocycles. The number of amides is 1. The highest BCUT2D eigenvalue weighted by Gasteiger charge is 2.12. The van der Waals surface area contributed by atoms with Gasteiger partial charge in [0.05, 0.1) is 5.69 Å². The van der Waals surface area contributed by atoms with E-state index in [0.717, 1.165) is 16.9 Å². The molecule has 0 saturated carbocycles. The van der Waals surface area contributed by atoms with Crippen LogP contribution in [0.5, 0.6) is 0 Å². The van der Waals surface area contributed by atoms with Gasteiger partial charge in [-0.3, -0.25) is 4.79 Å². The lowest BCUT2D eigenvalue weighted by Crippen LogP contribution is -2.09. The Hall–Kier alpha value is -2.40. The molecule has 2 N–H and O–H groups in total. The monoisotopic (exact) mass is 273 g/mol. The van der Waals surface area contributed by atoms with Crippen LogP contribution in [0.1, 0.15) is 15.2 Å². The summed E-state index contributed by atoms with van der Waals surface area (Å²) in [6.45, 7) is 0. The number of hydrogen-bond acceptors (Lipinski definition) is 3. The predicted molar refractivity (Wildman–Crippen MR) is 75.4 cm³/mol. The highest BCUT2D eigenvalue weighted by atomic mass is 32.1. The van der Waals surface area contributed by atoms with Gasteiger partial charge in [-0.1, -0.05) is 30.3 Å². The van der Waals surface area contributed by atoms with E-state index < -0.39 is 5.97 Å². The van der Waals surface area contributed by atoms with Gasteiger partial charge >= 0.3 is 5.97 Å². The Kier molecular flexibility index (Phi) is 4.10. The smallest absolute Gasteiger partial charge is 0.348 e. The first-order valence-corrected chi connectivity index (χ1v) is 6.39. The van der Waals surface area contributed by atoms with Crippen molar-refractivity contribution in [2.75, 3.05) is 5.32 Å². The first kappa shape index (κ1) is 13.0. The van der Waals surface area contributed by atoms with E-state index in [2.05, 4.69) is 5.32 Å². The molecule has 2 rings (SSSR count). The number of carboxylic acid groups (broad SMARTS) is 1. The number of hydrogen-bond donors (Lipinski definition) is 2. The number of rotatable bonds is 4. The molecule has 0 atom stereocenters. The van der Waals surface area contributed by atoms with Crippen LogP contribution in [0.3, 0.4) is 0 Å². The SMILES string of the molecule is O=C(/C=C/c1ccccc1)Nc1ccsc1C(=O)O. The van der Waals surface area contributed by atoms with E-state index in [4.69, 9.17) is 5.11 Å². The summed E-state index contributed by atoms with van der Waals surface area (Å²) in [6, 6.07) is 11.0. The lowest BCUT2D eigenvalue weighted by atomic mass is 10.2. The number of anilines is 1. The fourth-order valence-corrected chi connectivity index (χ4v) is 2.17. The van der Waals surface area contributed by atoms with Gasteiger partial charge in [0, 0.05) is 6.08 Å². The summed E-state index contributed by atoms with van der Waals surface area (Å²) in [6.07, 6.45) is 3.04. The molecule has 5 heteroatoms. The molecule has 0 aliphatic carbocycles. The Bertz CT molecular complexity index is 617. The zero-order valence-electron chi connectivity index (χ0n) is 9.87. The van der Waals surface area contributed by atoms with Crippen LogP contribution in [0, 0.1) is 0 Å². The molecular formula is C14H11NO3S. The number of aromatic carboxylic acids is 1. The second kappa shape index (κ2) is 5.97. The maximum atomic E-state index is 11.7. The normalized spacial score (nSPS) is 10.5. The molecule has 1 aromatic carbocycles. The van der Waals surface area contributed by atoms with Gasteiger partial charge in [0.1, 0.15) is 4.88 Å². The second-order valence-corrected chi connectivity index (χ2v) is 4.62. The number of carboxylic acids is 1. The zero-order valence-corrected chi connectivity index (χ0v) is 10.7. The molecule has 1 aromatic heterocycles. The molecule has 19 heavy (non-hydrogen) atoms. The van der Waals surface area contributed by atoms with Crippen molar-refractivity contribution in [1.82, 2.24) is 0 Å². The van der Waals surface area contributed by atoms with Crippen LogP contribution in [0.15, 0.2) is 47.9 Å². The highest BCUT2D eigenvalue weighted by molar-refractivity contribution is 7.12. The Balaban J connectivity index is 2.04. The van der Waals surface area contributed by atoms with Crippen molar-refractivity contribution in [2.24, 2.45) is 0 Å². The van der Waals surface area contributed by atoms with Gasteiger partial charge in [-0.15, -0.1) is 11.3 Å². The van der Waals surface area contributed by atoms with E-state index in [1.807, 2.05) is 30.3 Å². The van der Waals surface area contributed by atoms with Crippen molar-refractivity contribution in [2.45, 2.75) is 0 Å². The van der Waals surface area contributed by atoms with Gasteiger partial charge in [-0.05, 0) is 23.1 Å². The summed E-state index contributed by atoms with van der Waals surface area (Å²) >= 11 is 1.08. The Labute approximate surface area is 114 Å². The van der Waals surface area contributed by atoms with E-state index in [9.17, 15) is 9.59 Å². The summed E-state index contributed by atoms with van der Waals surface area (Å²) in [5.74, 6) is -1.40. The van der Waals surface area contributed by atoms with E-state index >= 15 is 0 Å². The maximum absolute atomic E-state index is 11.7. The minimum Gasteiger partial charge on any atom is -0.477 e. The van der Waals surface area contributed by atoms with Gasteiger partial charge in [0.2, 0.25) is 5.91 Å². The lowest BCUT2D eigenvalue weighted by molar-refractivity contribution is -0.111. The van der Waals surface area contributed by atoms with Gasteiger partial charge < -0.3 is 10.4 Å². The van der Waals surface area contributed by atoms with Crippen molar-refractivity contribution in [3.63, 3.8) is 0 Å². The standard InChI is InChI=1S/C14H11NO3S/c16-12(7-6-10-4-2-1-3-5-10)15-11-8-9-19-13(11)14(17)18/h1-9H,(H,15,16)(H,17,18)/b7-6+. The lowest BCUT2D eigenvalue weighted by Gasteiger charge is -2.00. The van der Waals surface area contributed by atoms with E-state index in [1.165, 1.54) is 6.08 Å². The summed E-state index contributed by atoms with van der Waals surface area (Å²) in [5.41, 5.74) is 1.22. The highest BCUT2D eigenvalue weighted by Crippen LogP contribution is 2.22. The van der Waals surface area contributed by atoms with Crippen molar-refractivity contribution < 1.29 is 14.7 Å². The maximum Gasteiger partial charge on any atom is 0.348 e. The molecule has 96 valence electrons. The number of carbonyl (C=O) groups is 2. The predicted octanol–water partition coefficient (Wildman–Crippen LogP) is 3.10. The van der Waals surface area contributed by atoms with Crippen LogP contribution in [0.2, 0.25) is 0 Å². The first-order chi connectivity index (χ1) is 9.16. The third-order valence-corrected chi connectivity index (χ3v) is 3.25. The Morgan fingerprint density at radius 1 is 1.16 bits per heavy atom. The average Bonchev–Trinajstić information content (AvgIpc) is 2.86. The van der Waals surface area contributed by atoms with Crippen LogP contribution in [-0.4, -0.2) is 17.0 Å². The molecule has 0 fully saturated rings. The van der Waals surface area contributed by atoms with Gasteiger partial charge in [0.25, 0.3) is 0 Å². The molecule has 0 radical (unpaired) electrons. The topological polar surface area (TPSA) is 66.4 Å². The quantitative estimate of drug-likeness (QED) is 0.841. The largest absolute Gasteiger partial charge is 0.477 e. The summed E-state index contributed by atoms with van der Waals surface area (Å²) in [4.78, 5) is 22.7. The zero-order chi connectivity index (χ0) is 13.7. The fraction of sp³-hybridized carbons (Fsp3) is 0. The van der Waals surface area contributed by atoms with Crippen LogP contribution in [0.25, 0.3) is 6.08 Å². The summed E-state index contributed by atoms with van der Waals surface area (Å²) < 4.78 is 0. The summed E-state index contributed by atoms with van der Waals surface area (Å²) in [5, 5.41) is 13.1. The van der Waals surface area contributed by atoms with Crippen LogP contribution in [0.4, 0.5) is 5.69 Å². The molecule has 0 spiro atoms. The minimum absolute atomic E-state index is 0.126. The molecule has 2 aromatic rings. The van der Waals surface area contributed by atoms with Crippen LogP contribution in [-0.2, 0) is 4.79 Å². The molecule has 0 unspecified atom stereocenters. The summed E-state index contributed by atoms with van der Waals surface area (Å²) in [7, 11) is 0. The molecule has 0 saturated heterocycles. The Morgan fingerprint density at radius 3 is 2.58 bits per heavy atom. The third kappa shape index (κ3) is 3.53. The minimum atomic E-state index is -1.04. The van der Waals surface area contributed by atoms with Crippen LogP contribution >= 0.6 is 11.3 Å². The van der Waals surface area contributed by atoms with Crippen LogP contribution < -0.4 is 5.32 Å². The second-order valence-electron chi connectivity index (χ2n) is 3.70. The first-order valence-electron chi connectivity index (χ1n) is 5.52. The van der Waals surface area contributed by atoms with E-state index in [-0.39, 0.29) is 10.8 Å². The van der Waals surface area contributed by atoms with Crippen molar-refractivity contribution >= 4 is 35.0 Å². The average molecular weight is 273 g/mol. The molecule has 0 aliphatic rings. The van der Waals surface area contributed by atoms with E-state index in [0.29, 0.717) is 5.69 Å². The van der Waals surface area contributed by atoms with Crippen molar-refractivity contribution in [3.8, 4) is 0 Å². The molecule has 0 bridgehead atoms. The number of benzene rings is 1. The number of carbonyl (C=O) groups excluding carboxylic acids is 1. The Morgan fingerprint density at radius 2 is 1.89 bits per heavy atom. The third-order valence-electron chi connectivity index (χ3n) is 2.34. The number of nitrogens with one attached hydrogen (secondary N) is 1. The van der Waals surface area contributed by atoms with Crippen molar-refractivity contribution in [1.29, 1.82) is 0 Å². The van der Waals surface area contributed by atoms with Gasteiger partial charge in [-0.25, -0.2) is 4.79 Å².